The molecule has 8 heteroatoms. The maximum Gasteiger partial charge on any atom is 0.191 e. The Hall–Kier alpha value is -1.39. The summed E-state index contributed by atoms with van der Waals surface area (Å²) in [6.07, 6.45) is 0.965. The predicted molar refractivity (Wildman–Crippen MR) is 132 cm³/mol. The highest BCUT2D eigenvalue weighted by Crippen LogP contribution is 2.22. The summed E-state index contributed by atoms with van der Waals surface area (Å²) >= 11 is 1.76. The average Bonchev–Trinajstić information content (AvgIpc) is 3.24. The van der Waals surface area contributed by atoms with Gasteiger partial charge in [0.1, 0.15) is 5.82 Å². The summed E-state index contributed by atoms with van der Waals surface area (Å²) in [6, 6.07) is 9.73. The number of anilines is 1. The Morgan fingerprint density at radius 3 is 2.59 bits per heavy atom. The summed E-state index contributed by atoms with van der Waals surface area (Å²) in [6.45, 7) is 8.33. The van der Waals surface area contributed by atoms with E-state index >= 15 is 0 Å². The van der Waals surface area contributed by atoms with Crippen molar-refractivity contribution in [2.45, 2.75) is 19.9 Å². The number of rotatable bonds is 7. The van der Waals surface area contributed by atoms with Gasteiger partial charge in [-0.05, 0) is 42.1 Å². The fraction of sp³-hybridized carbons (Fsp3) is 0.476. The van der Waals surface area contributed by atoms with E-state index in [1.54, 1.807) is 24.5 Å². The quantitative estimate of drug-likeness (QED) is 0.326. The normalized spacial score (nSPS) is 15.1. The van der Waals surface area contributed by atoms with Crippen molar-refractivity contribution in [2.24, 2.45) is 4.99 Å². The molecule has 1 fully saturated rings. The minimum Gasteiger partial charge on any atom is -0.367 e. The van der Waals surface area contributed by atoms with E-state index in [2.05, 4.69) is 49.9 Å². The van der Waals surface area contributed by atoms with E-state index in [1.807, 2.05) is 12.1 Å². The number of halogens is 2. The number of benzene rings is 1. The summed E-state index contributed by atoms with van der Waals surface area (Å²) in [7, 11) is 1.75. The van der Waals surface area contributed by atoms with Gasteiger partial charge in [-0.3, -0.25) is 4.99 Å². The van der Waals surface area contributed by atoms with Crippen molar-refractivity contribution in [1.82, 2.24) is 15.5 Å². The molecule has 3 rings (SSSR count). The molecule has 1 aromatic heterocycles. The van der Waals surface area contributed by atoms with Crippen LogP contribution >= 0.6 is 35.3 Å². The van der Waals surface area contributed by atoms with E-state index in [1.165, 1.54) is 4.88 Å². The summed E-state index contributed by atoms with van der Waals surface area (Å²) < 4.78 is 14.7. The fourth-order valence-corrected chi connectivity index (χ4v) is 4.10. The van der Waals surface area contributed by atoms with Gasteiger partial charge < -0.3 is 20.4 Å². The number of piperazine rings is 1. The van der Waals surface area contributed by atoms with Gasteiger partial charge in [0.2, 0.25) is 0 Å². The van der Waals surface area contributed by atoms with Gasteiger partial charge in [-0.25, -0.2) is 4.39 Å². The van der Waals surface area contributed by atoms with Crippen LogP contribution in [0.4, 0.5) is 10.1 Å². The molecule has 160 valence electrons. The van der Waals surface area contributed by atoms with Crippen molar-refractivity contribution >= 4 is 47.0 Å². The molecule has 1 saturated heterocycles. The van der Waals surface area contributed by atoms with E-state index in [0.29, 0.717) is 12.2 Å². The third kappa shape index (κ3) is 7.11. The van der Waals surface area contributed by atoms with Crippen LogP contribution in [-0.2, 0) is 13.0 Å². The van der Waals surface area contributed by atoms with Crippen LogP contribution in [0.2, 0.25) is 0 Å². The number of nitrogens with one attached hydrogen (secondary N) is 2. The average molecular weight is 531 g/mol. The number of thiophene rings is 1. The molecule has 0 radical (unpaired) electrons. The van der Waals surface area contributed by atoms with Crippen LogP contribution in [-0.4, -0.2) is 57.2 Å². The van der Waals surface area contributed by atoms with Crippen LogP contribution in [0.25, 0.3) is 0 Å². The molecular formula is C21H31FIN5S. The molecule has 0 aliphatic carbocycles. The highest BCUT2D eigenvalue weighted by Gasteiger charge is 2.18. The number of likely N-dealkylation sites (N-methyl/N-ethyl adjacent to an activating group) is 1. The van der Waals surface area contributed by atoms with Crippen LogP contribution in [0.15, 0.2) is 40.7 Å². The van der Waals surface area contributed by atoms with Crippen molar-refractivity contribution in [1.29, 1.82) is 0 Å². The first kappa shape index (κ1) is 23.9. The Balaban J connectivity index is 0.00000300. The Kier molecular flexibility index (Phi) is 10.2. The maximum atomic E-state index is 14.7. The van der Waals surface area contributed by atoms with E-state index in [4.69, 9.17) is 0 Å². The lowest BCUT2D eigenvalue weighted by Crippen LogP contribution is -2.46. The zero-order valence-electron chi connectivity index (χ0n) is 17.2. The van der Waals surface area contributed by atoms with Crippen molar-refractivity contribution in [2.75, 3.05) is 51.2 Å². The lowest BCUT2D eigenvalue weighted by molar-refractivity contribution is 0.270. The molecular weight excluding hydrogens is 500 g/mol. The first-order chi connectivity index (χ1) is 13.7. The number of hydrogen-bond donors (Lipinski definition) is 2. The molecule has 2 N–H and O–H groups in total. The van der Waals surface area contributed by atoms with Gasteiger partial charge in [-0.1, -0.05) is 19.1 Å². The van der Waals surface area contributed by atoms with Gasteiger partial charge in [-0.15, -0.1) is 35.3 Å². The van der Waals surface area contributed by atoms with Gasteiger partial charge in [0.25, 0.3) is 0 Å². The van der Waals surface area contributed by atoms with E-state index in [0.717, 1.165) is 57.2 Å². The van der Waals surface area contributed by atoms with E-state index < -0.39 is 0 Å². The van der Waals surface area contributed by atoms with Crippen molar-refractivity contribution in [3.8, 4) is 0 Å². The van der Waals surface area contributed by atoms with Gasteiger partial charge in [0.05, 0.1) is 5.69 Å². The molecule has 0 spiro atoms. The zero-order valence-corrected chi connectivity index (χ0v) is 20.3. The van der Waals surface area contributed by atoms with Crippen molar-refractivity contribution < 1.29 is 4.39 Å². The van der Waals surface area contributed by atoms with Crippen LogP contribution in [0, 0.1) is 5.82 Å². The molecule has 1 aliphatic heterocycles. The molecule has 0 bridgehead atoms. The summed E-state index contributed by atoms with van der Waals surface area (Å²) in [5.41, 5.74) is 1.62. The topological polar surface area (TPSA) is 42.9 Å². The first-order valence-electron chi connectivity index (χ1n) is 9.92. The Morgan fingerprint density at radius 2 is 1.97 bits per heavy atom. The smallest absolute Gasteiger partial charge is 0.191 e. The van der Waals surface area contributed by atoms with Crippen molar-refractivity contribution in [3.05, 3.63) is 52.0 Å². The zero-order chi connectivity index (χ0) is 19.8. The summed E-state index contributed by atoms with van der Waals surface area (Å²) in [5.74, 6) is 0.585. The minimum absolute atomic E-state index is 0. The summed E-state index contributed by atoms with van der Waals surface area (Å²) in [5, 5.41) is 8.65. The molecule has 29 heavy (non-hydrogen) atoms. The van der Waals surface area contributed by atoms with Crippen LogP contribution in [0.1, 0.15) is 17.4 Å². The third-order valence-electron chi connectivity index (χ3n) is 5.10. The Labute approximate surface area is 194 Å². The number of aliphatic imine (C=N–C) groups is 1. The molecule has 5 nitrogen and oxygen atoms in total. The van der Waals surface area contributed by atoms with Crippen LogP contribution in [0.3, 0.4) is 0 Å². The molecule has 1 aliphatic rings. The van der Waals surface area contributed by atoms with E-state index in [-0.39, 0.29) is 29.8 Å². The monoisotopic (exact) mass is 531 g/mol. The first-order valence-corrected chi connectivity index (χ1v) is 10.8. The number of hydrogen-bond acceptors (Lipinski definition) is 4. The highest BCUT2D eigenvalue weighted by molar-refractivity contribution is 14.0. The predicted octanol–water partition coefficient (Wildman–Crippen LogP) is 3.55. The lowest BCUT2D eigenvalue weighted by atomic mass is 10.1. The molecule has 0 saturated carbocycles. The van der Waals surface area contributed by atoms with E-state index in [9.17, 15) is 4.39 Å². The Morgan fingerprint density at radius 1 is 1.17 bits per heavy atom. The molecule has 1 aromatic carbocycles. The third-order valence-corrected chi connectivity index (χ3v) is 6.04. The molecule has 2 aromatic rings. The molecule has 2 heterocycles. The maximum absolute atomic E-state index is 14.7. The number of guanidine groups is 1. The van der Waals surface area contributed by atoms with Gasteiger partial charge in [-0.2, -0.15) is 0 Å². The highest BCUT2D eigenvalue weighted by atomic mass is 127. The standard InChI is InChI=1S/C21H30FN5S.HI/c1-3-26-10-12-27(13-11-26)20-7-6-17(15-19(20)22)16-25-21(23-2)24-9-8-18-5-4-14-28-18;/h4-7,14-15H,3,8-13,16H2,1-2H3,(H2,23,24,25);1H. The largest absolute Gasteiger partial charge is 0.367 e. The van der Waals surface area contributed by atoms with Gasteiger partial charge in [0.15, 0.2) is 5.96 Å². The fourth-order valence-electron chi connectivity index (χ4n) is 3.39. The van der Waals surface area contributed by atoms with Gasteiger partial charge >= 0.3 is 0 Å². The number of nitrogens with zero attached hydrogens (tertiary/aromatic N) is 3. The Bertz CT molecular complexity index is 760. The molecule has 0 unspecified atom stereocenters. The minimum atomic E-state index is -0.148. The second kappa shape index (κ2) is 12.3. The molecule has 0 atom stereocenters. The lowest BCUT2D eigenvalue weighted by Gasteiger charge is -2.35. The second-order valence-corrected chi connectivity index (χ2v) is 7.92. The van der Waals surface area contributed by atoms with Crippen LogP contribution in [0.5, 0.6) is 0 Å². The second-order valence-electron chi connectivity index (χ2n) is 6.89. The van der Waals surface area contributed by atoms with Gasteiger partial charge in [0, 0.05) is 51.2 Å². The van der Waals surface area contributed by atoms with Crippen molar-refractivity contribution in [3.63, 3.8) is 0 Å². The van der Waals surface area contributed by atoms with Crippen LogP contribution < -0.4 is 15.5 Å². The molecule has 0 amide bonds. The SMILES string of the molecule is CCN1CCN(c2ccc(CNC(=NC)NCCc3cccs3)cc2F)CC1.I. The summed E-state index contributed by atoms with van der Waals surface area (Å²) in [4.78, 5) is 10.1.